The molecule has 26 heavy (non-hydrogen) atoms. The Morgan fingerprint density at radius 3 is 2.65 bits per heavy atom. The molecule has 0 bridgehead atoms. The van der Waals surface area contributed by atoms with Crippen LogP contribution in [0.25, 0.3) is 5.57 Å². The lowest BCUT2D eigenvalue weighted by molar-refractivity contribution is -0.110. The SMILES string of the molecule is CC(=O)c1ccc2c(c1)C(=CCCN[C@H]1CC[C@H](N(C)C)CC1)C(=O)N2. The molecular formula is C21H29N3O2. The Balaban J connectivity index is 1.54. The summed E-state index contributed by atoms with van der Waals surface area (Å²) >= 11 is 0. The van der Waals surface area contributed by atoms with Crippen molar-refractivity contribution in [3.63, 3.8) is 0 Å². The molecule has 1 aliphatic heterocycles. The van der Waals surface area contributed by atoms with Crippen molar-refractivity contribution < 1.29 is 9.59 Å². The van der Waals surface area contributed by atoms with E-state index in [2.05, 4.69) is 29.6 Å². The molecular weight excluding hydrogens is 326 g/mol. The van der Waals surface area contributed by atoms with Crippen molar-refractivity contribution in [1.82, 2.24) is 10.2 Å². The summed E-state index contributed by atoms with van der Waals surface area (Å²) in [5.74, 6) is -0.0614. The van der Waals surface area contributed by atoms with Crippen LogP contribution in [0.5, 0.6) is 0 Å². The summed E-state index contributed by atoms with van der Waals surface area (Å²) in [7, 11) is 4.32. The molecule has 0 radical (unpaired) electrons. The van der Waals surface area contributed by atoms with E-state index in [0.717, 1.165) is 24.2 Å². The minimum Gasteiger partial charge on any atom is -0.321 e. The molecule has 1 aromatic rings. The third kappa shape index (κ3) is 4.22. The van der Waals surface area contributed by atoms with Crippen molar-refractivity contribution >= 4 is 23.0 Å². The first-order valence-electron chi connectivity index (χ1n) is 9.52. The number of benzene rings is 1. The van der Waals surface area contributed by atoms with E-state index in [-0.39, 0.29) is 11.7 Å². The van der Waals surface area contributed by atoms with Crippen LogP contribution in [0.3, 0.4) is 0 Å². The topological polar surface area (TPSA) is 61.4 Å². The summed E-state index contributed by atoms with van der Waals surface area (Å²) in [6.45, 7) is 2.42. The van der Waals surface area contributed by atoms with Gasteiger partial charge in [-0.15, -0.1) is 0 Å². The number of hydrogen-bond acceptors (Lipinski definition) is 4. The van der Waals surface area contributed by atoms with Gasteiger partial charge in [-0.3, -0.25) is 9.59 Å². The summed E-state index contributed by atoms with van der Waals surface area (Å²) in [5.41, 5.74) is 2.96. The maximum atomic E-state index is 12.2. The molecule has 0 aromatic heterocycles. The zero-order valence-corrected chi connectivity index (χ0v) is 16.0. The number of hydrogen-bond donors (Lipinski definition) is 2. The molecule has 140 valence electrons. The monoisotopic (exact) mass is 355 g/mol. The lowest BCUT2D eigenvalue weighted by atomic mass is 9.90. The predicted molar refractivity (Wildman–Crippen MR) is 105 cm³/mol. The molecule has 1 fully saturated rings. The van der Waals surface area contributed by atoms with Gasteiger partial charge in [-0.05, 0) is 77.9 Å². The fourth-order valence-electron chi connectivity index (χ4n) is 3.91. The molecule has 2 N–H and O–H groups in total. The number of Topliss-reactive ketones (excluding diaryl/α,β-unsaturated/α-hetero) is 1. The summed E-state index contributed by atoms with van der Waals surface area (Å²) in [6.07, 6.45) is 7.71. The molecule has 5 heteroatoms. The number of anilines is 1. The van der Waals surface area contributed by atoms with Crippen LogP contribution in [0.1, 0.15) is 54.9 Å². The number of carbonyl (C=O) groups excluding carboxylic acids is 2. The highest BCUT2D eigenvalue weighted by Gasteiger charge is 2.25. The van der Waals surface area contributed by atoms with Gasteiger partial charge in [-0.1, -0.05) is 6.08 Å². The molecule has 5 nitrogen and oxygen atoms in total. The third-order valence-corrected chi connectivity index (χ3v) is 5.56. The van der Waals surface area contributed by atoms with Crippen LogP contribution in [0, 0.1) is 0 Å². The van der Waals surface area contributed by atoms with Crippen molar-refractivity contribution in [2.45, 2.75) is 51.1 Å². The van der Waals surface area contributed by atoms with Gasteiger partial charge in [0, 0.05) is 34.5 Å². The highest BCUT2D eigenvalue weighted by Crippen LogP contribution is 2.32. The molecule has 2 aliphatic rings. The Bertz CT molecular complexity index is 716. The molecule has 1 amide bonds. The molecule has 3 rings (SSSR count). The van der Waals surface area contributed by atoms with Gasteiger partial charge in [0.1, 0.15) is 0 Å². The van der Waals surface area contributed by atoms with E-state index in [9.17, 15) is 9.59 Å². The van der Waals surface area contributed by atoms with Crippen LogP contribution < -0.4 is 10.6 Å². The van der Waals surface area contributed by atoms with E-state index in [0.29, 0.717) is 23.2 Å². The van der Waals surface area contributed by atoms with Gasteiger partial charge in [-0.25, -0.2) is 0 Å². The first-order valence-corrected chi connectivity index (χ1v) is 9.52. The van der Waals surface area contributed by atoms with E-state index < -0.39 is 0 Å². The van der Waals surface area contributed by atoms with Crippen LogP contribution in [-0.4, -0.2) is 49.3 Å². The largest absolute Gasteiger partial charge is 0.321 e. The van der Waals surface area contributed by atoms with Crippen molar-refractivity contribution in [3.05, 3.63) is 35.4 Å². The van der Waals surface area contributed by atoms with Gasteiger partial charge in [0.15, 0.2) is 5.78 Å². The van der Waals surface area contributed by atoms with E-state index in [1.807, 2.05) is 18.2 Å². The standard InChI is InChI=1S/C21H29N3O2/c1-14(25)15-6-11-20-19(13-15)18(21(26)23-20)5-4-12-22-16-7-9-17(10-8-16)24(2)3/h5-6,11,13,16-17,22H,4,7-10,12H2,1-3H3,(H,23,26)/t16-,17-. The third-order valence-electron chi connectivity index (χ3n) is 5.56. The van der Waals surface area contributed by atoms with Gasteiger partial charge >= 0.3 is 0 Å². The minimum atomic E-state index is -0.0767. The highest BCUT2D eigenvalue weighted by atomic mass is 16.2. The fraction of sp³-hybridized carbons (Fsp3) is 0.524. The number of nitrogens with one attached hydrogen (secondary N) is 2. The zero-order chi connectivity index (χ0) is 18.7. The lowest BCUT2D eigenvalue weighted by Crippen LogP contribution is -2.39. The van der Waals surface area contributed by atoms with E-state index >= 15 is 0 Å². The van der Waals surface area contributed by atoms with Crippen LogP contribution in [0.4, 0.5) is 5.69 Å². The fourth-order valence-corrected chi connectivity index (χ4v) is 3.91. The summed E-state index contributed by atoms with van der Waals surface area (Å²) in [4.78, 5) is 26.1. The maximum Gasteiger partial charge on any atom is 0.256 e. The second-order valence-electron chi connectivity index (χ2n) is 7.60. The highest BCUT2D eigenvalue weighted by molar-refractivity contribution is 6.31. The van der Waals surface area contributed by atoms with Crippen LogP contribution in [-0.2, 0) is 4.79 Å². The number of nitrogens with zero attached hydrogens (tertiary/aromatic N) is 1. The number of amides is 1. The summed E-state index contributed by atoms with van der Waals surface area (Å²) in [5, 5.41) is 6.50. The molecule has 1 aliphatic carbocycles. The zero-order valence-electron chi connectivity index (χ0n) is 16.0. The molecule has 1 heterocycles. The molecule has 1 aromatic carbocycles. The predicted octanol–water partition coefficient (Wildman–Crippen LogP) is 3.08. The Morgan fingerprint density at radius 1 is 1.27 bits per heavy atom. The van der Waals surface area contributed by atoms with Gasteiger partial charge in [0.05, 0.1) is 0 Å². The second-order valence-corrected chi connectivity index (χ2v) is 7.60. The van der Waals surface area contributed by atoms with E-state index in [1.165, 1.54) is 25.7 Å². The van der Waals surface area contributed by atoms with Gasteiger partial charge < -0.3 is 15.5 Å². The number of rotatable bonds is 6. The Morgan fingerprint density at radius 2 is 2.00 bits per heavy atom. The first-order chi connectivity index (χ1) is 12.5. The van der Waals surface area contributed by atoms with E-state index in [1.54, 1.807) is 13.0 Å². The van der Waals surface area contributed by atoms with Gasteiger partial charge in [-0.2, -0.15) is 0 Å². The number of ketones is 1. The van der Waals surface area contributed by atoms with Crippen LogP contribution in [0.15, 0.2) is 24.3 Å². The van der Waals surface area contributed by atoms with Gasteiger partial charge in [0.2, 0.25) is 0 Å². The van der Waals surface area contributed by atoms with Gasteiger partial charge in [0.25, 0.3) is 5.91 Å². The Labute approximate surface area is 155 Å². The average Bonchev–Trinajstić information content (AvgIpc) is 2.93. The quantitative estimate of drug-likeness (QED) is 0.468. The normalized spacial score (nSPS) is 24.0. The smallest absolute Gasteiger partial charge is 0.256 e. The summed E-state index contributed by atoms with van der Waals surface area (Å²) in [6, 6.07) is 6.68. The van der Waals surface area contributed by atoms with Crippen molar-refractivity contribution in [1.29, 1.82) is 0 Å². The average molecular weight is 355 g/mol. The molecule has 0 unspecified atom stereocenters. The Hall–Kier alpha value is -1.98. The molecule has 0 saturated heterocycles. The molecule has 1 saturated carbocycles. The van der Waals surface area contributed by atoms with Crippen molar-refractivity contribution in [2.24, 2.45) is 0 Å². The van der Waals surface area contributed by atoms with Crippen molar-refractivity contribution in [3.8, 4) is 0 Å². The van der Waals surface area contributed by atoms with Crippen LogP contribution >= 0.6 is 0 Å². The number of carbonyl (C=O) groups is 2. The van der Waals surface area contributed by atoms with Crippen LogP contribution in [0.2, 0.25) is 0 Å². The second kappa shape index (κ2) is 8.14. The molecule has 0 spiro atoms. The number of fused-ring (bicyclic) bond motifs is 1. The minimum absolute atomic E-state index is 0.0153. The maximum absolute atomic E-state index is 12.2. The van der Waals surface area contributed by atoms with E-state index in [4.69, 9.17) is 0 Å². The lowest BCUT2D eigenvalue weighted by Gasteiger charge is -2.33. The van der Waals surface area contributed by atoms with Crippen molar-refractivity contribution in [2.75, 3.05) is 26.0 Å². The Kier molecular flexibility index (Phi) is 5.89. The summed E-state index contributed by atoms with van der Waals surface area (Å²) < 4.78 is 0. The molecule has 0 atom stereocenters. The first kappa shape index (κ1) is 18.8.